The third kappa shape index (κ3) is 3.61. The number of anilines is 1. The van der Waals surface area contributed by atoms with E-state index in [1.54, 1.807) is 17.7 Å². The molecule has 7 nitrogen and oxygen atoms in total. The summed E-state index contributed by atoms with van der Waals surface area (Å²) in [5.41, 5.74) is 3.29. The summed E-state index contributed by atoms with van der Waals surface area (Å²) in [6.07, 6.45) is 7.14. The van der Waals surface area contributed by atoms with Crippen molar-refractivity contribution in [3.63, 3.8) is 0 Å². The number of piperidine rings is 1. The van der Waals surface area contributed by atoms with Crippen LogP contribution in [-0.2, 0) is 0 Å². The van der Waals surface area contributed by atoms with Gasteiger partial charge in [-0.1, -0.05) is 12.1 Å². The predicted molar refractivity (Wildman–Crippen MR) is 109 cm³/mol. The first-order valence-electron chi connectivity index (χ1n) is 9.46. The lowest BCUT2D eigenvalue weighted by atomic mass is 10.0. The van der Waals surface area contributed by atoms with Crippen molar-refractivity contribution in [3.05, 3.63) is 70.4 Å². The Balaban J connectivity index is 1.57. The largest absolute Gasteiger partial charge is 0.322 e. The molecule has 1 aliphatic rings. The zero-order valence-corrected chi connectivity index (χ0v) is 15.7. The lowest BCUT2D eigenvalue weighted by Gasteiger charge is -2.25. The minimum Gasteiger partial charge on any atom is -0.322 e. The first kappa shape index (κ1) is 18.2. The van der Waals surface area contributed by atoms with Crippen molar-refractivity contribution < 1.29 is 4.79 Å². The van der Waals surface area contributed by atoms with E-state index in [4.69, 9.17) is 0 Å². The van der Waals surface area contributed by atoms with Crippen molar-refractivity contribution >= 4 is 11.6 Å². The molecule has 0 bridgehead atoms. The van der Waals surface area contributed by atoms with Crippen molar-refractivity contribution in [2.75, 3.05) is 18.4 Å². The van der Waals surface area contributed by atoms with Gasteiger partial charge in [-0.2, -0.15) is 5.10 Å². The molecule has 0 atom stereocenters. The molecule has 1 aromatic carbocycles. The van der Waals surface area contributed by atoms with Gasteiger partial charge < -0.3 is 15.2 Å². The minimum atomic E-state index is -0.373. The monoisotopic (exact) mass is 377 g/mol. The smallest absolute Gasteiger partial charge is 0.263 e. The molecule has 28 heavy (non-hydrogen) atoms. The topological polar surface area (TPSA) is 91.8 Å². The SMILES string of the molecule is Cc1ccn(C2CCNCC2)c(=O)c1C(=O)Nc1ccc(-c2cn[nH]c2)cc1. The molecule has 0 unspecified atom stereocenters. The first-order valence-corrected chi connectivity index (χ1v) is 9.46. The molecular weight excluding hydrogens is 354 g/mol. The number of aromatic amines is 1. The van der Waals surface area contributed by atoms with E-state index in [-0.39, 0.29) is 23.1 Å². The van der Waals surface area contributed by atoms with Crippen LogP contribution in [0, 0.1) is 6.92 Å². The quantitative estimate of drug-likeness (QED) is 0.652. The number of amides is 1. The van der Waals surface area contributed by atoms with Crippen LogP contribution in [0.25, 0.3) is 11.1 Å². The van der Waals surface area contributed by atoms with Gasteiger partial charge in [-0.3, -0.25) is 14.7 Å². The molecule has 1 fully saturated rings. The molecule has 1 amide bonds. The predicted octanol–water partition coefficient (Wildman–Crippen LogP) is 2.72. The molecule has 1 saturated heterocycles. The molecule has 0 radical (unpaired) electrons. The number of rotatable bonds is 4. The van der Waals surface area contributed by atoms with Gasteiger partial charge in [0.25, 0.3) is 11.5 Å². The van der Waals surface area contributed by atoms with Crippen molar-refractivity contribution in [1.29, 1.82) is 0 Å². The number of aryl methyl sites for hydroxylation is 1. The Kier molecular flexibility index (Phi) is 5.08. The normalized spacial score (nSPS) is 14.8. The summed E-state index contributed by atoms with van der Waals surface area (Å²) in [7, 11) is 0. The van der Waals surface area contributed by atoms with Gasteiger partial charge in [0.1, 0.15) is 5.56 Å². The van der Waals surface area contributed by atoms with E-state index in [1.807, 2.05) is 42.7 Å². The molecule has 0 spiro atoms. The fourth-order valence-corrected chi connectivity index (χ4v) is 3.64. The highest BCUT2D eigenvalue weighted by Crippen LogP contribution is 2.21. The van der Waals surface area contributed by atoms with Crippen LogP contribution >= 0.6 is 0 Å². The Hall–Kier alpha value is -3.19. The number of nitrogens with zero attached hydrogens (tertiary/aromatic N) is 2. The van der Waals surface area contributed by atoms with Gasteiger partial charge in [0.05, 0.1) is 6.20 Å². The van der Waals surface area contributed by atoms with Crippen molar-refractivity contribution in [2.45, 2.75) is 25.8 Å². The van der Waals surface area contributed by atoms with Gasteiger partial charge >= 0.3 is 0 Å². The highest BCUT2D eigenvalue weighted by atomic mass is 16.2. The van der Waals surface area contributed by atoms with Crippen LogP contribution in [0.2, 0.25) is 0 Å². The minimum absolute atomic E-state index is 0.134. The van der Waals surface area contributed by atoms with E-state index >= 15 is 0 Å². The van der Waals surface area contributed by atoms with Crippen LogP contribution < -0.4 is 16.2 Å². The van der Waals surface area contributed by atoms with Crippen molar-refractivity contribution in [2.24, 2.45) is 0 Å². The van der Waals surface area contributed by atoms with Gasteiger partial charge in [0, 0.05) is 29.7 Å². The highest BCUT2D eigenvalue weighted by molar-refractivity contribution is 6.05. The van der Waals surface area contributed by atoms with Crippen molar-refractivity contribution in [1.82, 2.24) is 20.1 Å². The molecule has 3 N–H and O–H groups in total. The number of benzene rings is 1. The number of pyridine rings is 1. The molecular formula is C21H23N5O2. The number of H-pyrrole nitrogens is 1. The van der Waals surface area contributed by atoms with Crippen molar-refractivity contribution in [3.8, 4) is 11.1 Å². The van der Waals surface area contributed by atoms with E-state index < -0.39 is 0 Å². The van der Waals surface area contributed by atoms with Gasteiger partial charge in [0.2, 0.25) is 0 Å². The Morgan fingerprint density at radius 2 is 1.89 bits per heavy atom. The summed E-state index contributed by atoms with van der Waals surface area (Å²) in [4.78, 5) is 25.9. The van der Waals surface area contributed by atoms with Gasteiger partial charge in [-0.15, -0.1) is 0 Å². The van der Waals surface area contributed by atoms with E-state index in [0.717, 1.165) is 37.1 Å². The van der Waals surface area contributed by atoms with E-state index in [2.05, 4.69) is 20.8 Å². The van der Waals surface area contributed by atoms with Crippen LogP contribution in [0.15, 0.2) is 53.7 Å². The summed E-state index contributed by atoms with van der Waals surface area (Å²) >= 11 is 0. The third-order valence-electron chi connectivity index (χ3n) is 5.23. The number of hydrogen-bond acceptors (Lipinski definition) is 4. The maximum Gasteiger partial charge on any atom is 0.263 e. The third-order valence-corrected chi connectivity index (χ3v) is 5.23. The molecule has 4 rings (SSSR count). The molecule has 0 aliphatic carbocycles. The standard InChI is InChI=1S/C21H23N5O2/c1-14-8-11-26(18-6-9-22-10-7-18)21(28)19(14)20(27)25-17-4-2-15(3-5-17)16-12-23-24-13-16/h2-5,8,11-13,18,22H,6-7,9-10H2,1H3,(H,23,24)(H,25,27). The van der Waals surface area contributed by atoms with Crippen LogP contribution in [0.1, 0.15) is 34.8 Å². The molecule has 2 aromatic heterocycles. The summed E-state index contributed by atoms with van der Waals surface area (Å²) in [5, 5.41) is 12.9. The number of nitrogens with one attached hydrogen (secondary N) is 3. The number of carbonyl (C=O) groups excluding carboxylic acids is 1. The summed E-state index contributed by atoms with van der Waals surface area (Å²) in [5.74, 6) is -0.373. The highest BCUT2D eigenvalue weighted by Gasteiger charge is 2.21. The lowest BCUT2D eigenvalue weighted by Crippen LogP contribution is -2.37. The molecule has 0 saturated carbocycles. The Bertz CT molecular complexity index is 1020. The first-order chi connectivity index (χ1) is 13.6. The van der Waals surface area contributed by atoms with E-state index in [9.17, 15) is 9.59 Å². The Labute approximate surface area is 162 Å². The van der Waals surface area contributed by atoms with Crippen LogP contribution in [0.5, 0.6) is 0 Å². The summed E-state index contributed by atoms with van der Waals surface area (Å²) in [6, 6.07) is 9.45. The number of aromatic nitrogens is 3. The number of carbonyl (C=O) groups is 1. The maximum atomic E-state index is 13.0. The molecule has 144 valence electrons. The number of hydrogen-bond donors (Lipinski definition) is 3. The van der Waals surface area contributed by atoms with Gasteiger partial charge in [0.15, 0.2) is 0 Å². The van der Waals surface area contributed by atoms with E-state index in [0.29, 0.717) is 11.3 Å². The molecule has 3 aromatic rings. The Morgan fingerprint density at radius 3 is 2.57 bits per heavy atom. The second-order valence-electron chi connectivity index (χ2n) is 7.09. The lowest BCUT2D eigenvalue weighted by molar-refractivity contribution is 0.102. The van der Waals surface area contributed by atoms with E-state index in [1.165, 1.54) is 0 Å². The fraction of sp³-hybridized carbons (Fsp3) is 0.286. The molecule has 7 heteroatoms. The van der Waals surface area contributed by atoms with Gasteiger partial charge in [-0.25, -0.2) is 0 Å². The summed E-state index contributed by atoms with van der Waals surface area (Å²) < 4.78 is 1.71. The Morgan fingerprint density at radius 1 is 1.14 bits per heavy atom. The van der Waals surface area contributed by atoms with Crippen LogP contribution in [-0.4, -0.2) is 33.8 Å². The molecule has 3 heterocycles. The maximum absolute atomic E-state index is 13.0. The molecule has 1 aliphatic heterocycles. The summed E-state index contributed by atoms with van der Waals surface area (Å²) in [6.45, 7) is 3.57. The average Bonchev–Trinajstić information content (AvgIpc) is 3.24. The van der Waals surface area contributed by atoms with Crippen LogP contribution in [0.4, 0.5) is 5.69 Å². The fourth-order valence-electron chi connectivity index (χ4n) is 3.64. The second kappa shape index (κ2) is 7.82. The second-order valence-corrected chi connectivity index (χ2v) is 7.09. The van der Waals surface area contributed by atoms with Crippen LogP contribution in [0.3, 0.4) is 0 Å². The zero-order valence-electron chi connectivity index (χ0n) is 15.7. The van der Waals surface area contributed by atoms with Gasteiger partial charge in [-0.05, 0) is 62.2 Å². The average molecular weight is 377 g/mol. The zero-order chi connectivity index (χ0) is 19.5.